The lowest BCUT2D eigenvalue weighted by molar-refractivity contribution is 0.618. The molecule has 16 heavy (non-hydrogen) atoms. The van der Waals surface area contributed by atoms with Gasteiger partial charge in [0.05, 0.1) is 5.38 Å². The molecule has 0 spiro atoms. The van der Waals surface area contributed by atoms with Crippen LogP contribution in [0, 0.1) is 12.7 Å². The van der Waals surface area contributed by atoms with Crippen molar-refractivity contribution in [1.29, 1.82) is 0 Å². The van der Waals surface area contributed by atoms with Crippen LogP contribution in [-0.4, -0.2) is 5.38 Å². The molecule has 0 heterocycles. The van der Waals surface area contributed by atoms with Gasteiger partial charge in [-0.2, -0.15) is 0 Å². The Balaban J connectivity index is 2.31. The van der Waals surface area contributed by atoms with Crippen LogP contribution in [0.25, 0.3) is 5.57 Å². The molecule has 0 aromatic heterocycles. The molecule has 0 aliphatic heterocycles. The standard InChI is InChI=1S/C14H16ClF/c1-10-6-7-12(9-14(10)16)11-4-2-3-5-13(15)8-11/h6-9,13H,2-5H2,1H3. The van der Waals surface area contributed by atoms with Gasteiger partial charge in [0.25, 0.3) is 0 Å². The first-order valence-corrected chi connectivity index (χ1v) is 6.22. The van der Waals surface area contributed by atoms with E-state index < -0.39 is 0 Å². The summed E-state index contributed by atoms with van der Waals surface area (Å²) >= 11 is 6.17. The van der Waals surface area contributed by atoms with Gasteiger partial charge in [-0.15, -0.1) is 11.6 Å². The smallest absolute Gasteiger partial charge is 0.126 e. The normalized spacial score (nSPS) is 21.4. The molecule has 0 fully saturated rings. The van der Waals surface area contributed by atoms with Crippen molar-refractivity contribution >= 4 is 17.2 Å². The SMILES string of the molecule is Cc1ccc(C2=CC(Cl)CCCC2)cc1F. The summed E-state index contributed by atoms with van der Waals surface area (Å²) in [5.74, 6) is -0.131. The van der Waals surface area contributed by atoms with Crippen LogP contribution in [-0.2, 0) is 0 Å². The third kappa shape index (κ3) is 2.65. The third-order valence-electron chi connectivity index (χ3n) is 3.10. The Morgan fingerprint density at radius 2 is 2.12 bits per heavy atom. The molecule has 0 saturated carbocycles. The maximum Gasteiger partial charge on any atom is 0.126 e. The average Bonchev–Trinajstić information content (AvgIpc) is 2.47. The van der Waals surface area contributed by atoms with Crippen LogP contribution in [0.3, 0.4) is 0 Å². The van der Waals surface area contributed by atoms with Gasteiger partial charge in [0.2, 0.25) is 0 Å². The topological polar surface area (TPSA) is 0 Å². The van der Waals surface area contributed by atoms with Gasteiger partial charge < -0.3 is 0 Å². The first-order valence-electron chi connectivity index (χ1n) is 5.78. The van der Waals surface area contributed by atoms with E-state index in [-0.39, 0.29) is 11.2 Å². The lowest BCUT2D eigenvalue weighted by Crippen LogP contribution is -1.92. The molecular weight excluding hydrogens is 223 g/mol. The van der Waals surface area contributed by atoms with Crippen molar-refractivity contribution < 1.29 is 4.39 Å². The van der Waals surface area contributed by atoms with Crippen molar-refractivity contribution in [3.05, 3.63) is 41.2 Å². The van der Waals surface area contributed by atoms with Crippen molar-refractivity contribution in [2.75, 3.05) is 0 Å². The van der Waals surface area contributed by atoms with Crippen molar-refractivity contribution in [3.63, 3.8) is 0 Å². The van der Waals surface area contributed by atoms with Crippen molar-refractivity contribution in [1.82, 2.24) is 0 Å². The van der Waals surface area contributed by atoms with Crippen LogP contribution < -0.4 is 0 Å². The predicted molar refractivity (Wildman–Crippen MR) is 67.2 cm³/mol. The number of alkyl halides is 1. The van der Waals surface area contributed by atoms with E-state index in [1.165, 1.54) is 5.57 Å². The Hall–Kier alpha value is -0.820. The molecule has 0 saturated heterocycles. The molecular formula is C14H16ClF. The summed E-state index contributed by atoms with van der Waals surface area (Å²) in [4.78, 5) is 0. The Kier molecular flexibility index (Phi) is 3.65. The van der Waals surface area contributed by atoms with E-state index in [1.54, 1.807) is 13.0 Å². The molecule has 1 aliphatic carbocycles. The molecule has 1 aromatic carbocycles. The van der Waals surface area contributed by atoms with Gasteiger partial charge in [-0.3, -0.25) is 0 Å². The van der Waals surface area contributed by atoms with E-state index in [1.807, 2.05) is 12.1 Å². The minimum Gasteiger partial charge on any atom is -0.207 e. The fourth-order valence-electron chi connectivity index (χ4n) is 2.07. The van der Waals surface area contributed by atoms with Crippen LogP contribution in [0.15, 0.2) is 24.3 Å². The van der Waals surface area contributed by atoms with Gasteiger partial charge in [-0.25, -0.2) is 4.39 Å². The lowest BCUT2D eigenvalue weighted by Gasteiger charge is -2.07. The van der Waals surface area contributed by atoms with E-state index >= 15 is 0 Å². The van der Waals surface area contributed by atoms with Gasteiger partial charge in [0.1, 0.15) is 5.82 Å². The number of hydrogen-bond donors (Lipinski definition) is 0. The Bertz CT molecular complexity index is 409. The van der Waals surface area contributed by atoms with Crippen LogP contribution in [0.4, 0.5) is 4.39 Å². The van der Waals surface area contributed by atoms with Crippen LogP contribution in [0.5, 0.6) is 0 Å². The van der Waals surface area contributed by atoms with Crippen LogP contribution >= 0.6 is 11.6 Å². The molecule has 0 radical (unpaired) electrons. The van der Waals surface area contributed by atoms with E-state index in [0.29, 0.717) is 5.56 Å². The van der Waals surface area contributed by atoms with Gasteiger partial charge >= 0.3 is 0 Å². The van der Waals surface area contributed by atoms with E-state index in [0.717, 1.165) is 31.2 Å². The zero-order valence-corrected chi connectivity index (χ0v) is 10.2. The van der Waals surface area contributed by atoms with Crippen molar-refractivity contribution in [2.24, 2.45) is 0 Å². The molecule has 2 heteroatoms. The first-order chi connectivity index (χ1) is 7.66. The lowest BCUT2D eigenvalue weighted by atomic mass is 10.00. The van der Waals surface area contributed by atoms with Gasteiger partial charge in [-0.05, 0) is 49.0 Å². The molecule has 0 N–H and O–H groups in total. The monoisotopic (exact) mass is 238 g/mol. The highest BCUT2D eigenvalue weighted by atomic mass is 35.5. The van der Waals surface area contributed by atoms with E-state index in [9.17, 15) is 4.39 Å². The summed E-state index contributed by atoms with van der Waals surface area (Å²) in [7, 11) is 0. The second-order valence-electron chi connectivity index (χ2n) is 4.42. The maximum atomic E-state index is 13.5. The maximum absolute atomic E-state index is 13.5. The molecule has 0 bridgehead atoms. The quantitative estimate of drug-likeness (QED) is 0.622. The molecule has 1 aliphatic rings. The zero-order chi connectivity index (χ0) is 11.5. The molecule has 1 unspecified atom stereocenters. The van der Waals surface area contributed by atoms with Gasteiger partial charge in [0.15, 0.2) is 0 Å². The highest BCUT2D eigenvalue weighted by Gasteiger charge is 2.11. The van der Waals surface area contributed by atoms with Crippen LogP contribution in [0.2, 0.25) is 0 Å². The second kappa shape index (κ2) is 5.01. The summed E-state index contributed by atoms with van der Waals surface area (Å²) in [5.41, 5.74) is 2.87. The molecule has 0 nitrogen and oxygen atoms in total. The molecule has 0 amide bonds. The summed E-state index contributed by atoms with van der Waals surface area (Å²) in [6.45, 7) is 1.78. The largest absolute Gasteiger partial charge is 0.207 e. The van der Waals surface area contributed by atoms with Gasteiger partial charge in [-0.1, -0.05) is 24.6 Å². The number of halogens is 2. The summed E-state index contributed by atoms with van der Waals surface area (Å²) in [5, 5.41) is 0.0989. The molecule has 2 rings (SSSR count). The molecule has 86 valence electrons. The third-order valence-corrected chi connectivity index (χ3v) is 3.44. The number of allylic oxidation sites excluding steroid dienone is 2. The highest BCUT2D eigenvalue weighted by Crippen LogP contribution is 2.28. The number of benzene rings is 1. The fourth-order valence-corrected chi connectivity index (χ4v) is 2.38. The molecule has 1 aromatic rings. The number of rotatable bonds is 1. The number of hydrogen-bond acceptors (Lipinski definition) is 0. The minimum absolute atomic E-state index is 0.0989. The average molecular weight is 239 g/mol. The molecule has 1 atom stereocenters. The highest BCUT2D eigenvalue weighted by molar-refractivity contribution is 6.22. The Morgan fingerprint density at radius 3 is 2.88 bits per heavy atom. The zero-order valence-electron chi connectivity index (χ0n) is 9.47. The predicted octanol–water partition coefficient (Wildman–Crippen LogP) is 4.70. The minimum atomic E-state index is -0.131. The van der Waals surface area contributed by atoms with Crippen molar-refractivity contribution in [2.45, 2.75) is 38.0 Å². The summed E-state index contributed by atoms with van der Waals surface area (Å²) < 4.78 is 13.5. The second-order valence-corrected chi connectivity index (χ2v) is 4.98. The first kappa shape index (κ1) is 11.7. The van der Waals surface area contributed by atoms with E-state index in [2.05, 4.69) is 6.08 Å². The van der Waals surface area contributed by atoms with Gasteiger partial charge in [0, 0.05) is 0 Å². The number of aryl methyl sites for hydroxylation is 1. The summed E-state index contributed by atoms with van der Waals surface area (Å²) in [6.07, 6.45) is 6.41. The van der Waals surface area contributed by atoms with E-state index in [4.69, 9.17) is 11.6 Å². The Labute approximate surface area is 101 Å². The summed E-state index contributed by atoms with van der Waals surface area (Å²) in [6, 6.07) is 5.44. The van der Waals surface area contributed by atoms with Crippen LogP contribution in [0.1, 0.15) is 36.8 Å². The fraction of sp³-hybridized carbons (Fsp3) is 0.429. The van der Waals surface area contributed by atoms with Crippen molar-refractivity contribution in [3.8, 4) is 0 Å². The Morgan fingerprint density at radius 1 is 1.31 bits per heavy atom.